The first-order chi connectivity index (χ1) is 8.41. The number of hydrogen-bond acceptors (Lipinski definition) is 2. The Balaban J connectivity index is 2.23. The van der Waals surface area contributed by atoms with Crippen LogP contribution in [0.5, 0.6) is 0 Å². The van der Waals surface area contributed by atoms with Gasteiger partial charge in [-0.05, 0) is 38.5 Å². The van der Waals surface area contributed by atoms with E-state index in [4.69, 9.17) is 4.74 Å². The lowest BCUT2D eigenvalue weighted by molar-refractivity contribution is -0.0764. The topological polar surface area (TPSA) is 29.5 Å². The summed E-state index contributed by atoms with van der Waals surface area (Å²) in [5, 5.41) is 0. The molecule has 0 aromatic heterocycles. The zero-order chi connectivity index (χ0) is 13.3. The fraction of sp³-hybridized carbons (Fsp3) is 0.500. The maximum Gasteiger partial charge on any atom is 0.254 e. The Morgan fingerprint density at radius 1 is 1.44 bits per heavy atom. The molecule has 4 heteroatoms. The molecule has 1 heterocycles. The van der Waals surface area contributed by atoms with Crippen LogP contribution in [0.1, 0.15) is 29.8 Å². The summed E-state index contributed by atoms with van der Waals surface area (Å²) < 4.78 is 6.61. The molecule has 0 atom stereocenters. The molecule has 1 saturated heterocycles. The van der Waals surface area contributed by atoms with Gasteiger partial charge in [0.2, 0.25) is 0 Å². The van der Waals surface area contributed by atoms with E-state index in [1.807, 2.05) is 43.9 Å². The van der Waals surface area contributed by atoms with Crippen LogP contribution in [0.3, 0.4) is 0 Å². The lowest BCUT2D eigenvalue weighted by Crippen LogP contribution is -2.50. The van der Waals surface area contributed by atoms with Gasteiger partial charge >= 0.3 is 0 Å². The molecule has 2 rings (SSSR count). The largest absolute Gasteiger partial charge is 0.372 e. The maximum atomic E-state index is 12.5. The standard InChI is InChI=1S/C14H18BrNO2/c1-10-11(5-4-6-12(10)15)13(17)16-7-8-18-14(2,3)9-16/h4-6H,7-9H2,1-3H3. The Morgan fingerprint density at radius 2 is 2.17 bits per heavy atom. The molecule has 18 heavy (non-hydrogen) atoms. The second-order valence-electron chi connectivity index (χ2n) is 5.25. The van der Waals surface area contributed by atoms with Crippen LogP contribution in [0.25, 0.3) is 0 Å². The molecule has 3 nitrogen and oxygen atoms in total. The summed E-state index contributed by atoms with van der Waals surface area (Å²) in [6.07, 6.45) is 0. The summed E-state index contributed by atoms with van der Waals surface area (Å²) >= 11 is 3.47. The number of rotatable bonds is 1. The molecule has 1 aromatic carbocycles. The van der Waals surface area contributed by atoms with E-state index in [1.165, 1.54) is 0 Å². The van der Waals surface area contributed by atoms with Gasteiger partial charge in [-0.3, -0.25) is 4.79 Å². The lowest BCUT2D eigenvalue weighted by atomic mass is 10.0. The first-order valence-electron chi connectivity index (χ1n) is 6.09. The third kappa shape index (κ3) is 2.75. The van der Waals surface area contributed by atoms with Gasteiger partial charge in [0.05, 0.1) is 12.2 Å². The monoisotopic (exact) mass is 311 g/mol. The van der Waals surface area contributed by atoms with E-state index in [0.717, 1.165) is 15.6 Å². The predicted molar refractivity (Wildman–Crippen MR) is 74.8 cm³/mol. The summed E-state index contributed by atoms with van der Waals surface area (Å²) in [7, 11) is 0. The van der Waals surface area contributed by atoms with Gasteiger partial charge < -0.3 is 9.64 Å². The SMILES string of the molecule is Cc1c(Br)cccc1C(=O)N1CCOC(C)(C)C1. The van der Waals surface area contributed by atoms with Crippen LogP contribution in [-0.2, 0) is 4.74 Å². The molecule has 0 spiro atoms. The van der Waals surface area contributed by atoms with Crippen molar-refractivity contribution in [2.75, 3.05) is 19.7 Å². The minimum atomic E-state index is -0.256. The molecule has 0 bridgehead atoms. The Morgan fingerprint density at radius 3 is 2.83 bits per heavy atom. The van der Waals surface area contributed by atoms with E-state index in [-0.39, 0.29) is 11.5 Å². The number of halogens is 1. The molecule has 0 saturated carbocycles. The molecular weight excluding hydrogens is 294 g/mol. The Hall–Kier alpha value is -0.870. The molecule has 0 aliphatic carbocycles. The minimum Gasteiger partial charge on any atom is -0.372 e. The Labute approximate surface area is 116 Å². The van der Waals surface area contributed by atoms with E-state index in [1.54, 1.807) is 0 Å². The molecule has 0 unspecified atom stereocenters. The van der Waals surface area contributed by atoms with Crippen molar-refractivity contribution in [2.45, 2.75) is 26.4 Å². The van der Waals surface area contributed by atoms with Crippen LogP contribution >= 0.6 is 15.9 Å². The van der Waals surface area contributed by atoms with Crippen LogP contribution < -0.4 is 0 Å². The van der Waals surface area contributed by atoms with Crippen molar-refractivity contribution >= 4 is 21.8 Å². The van der Waals surface area contributed by atoms with Gasteiger partial charge in [-0.15, -0.1) is 0 Å². The predicted octanol–water partition coefficient (Wildman–Crippen LogP) is 3.01. The number of ether oxygens (including phenoxy) is 1. The van der Waals surface area contributed by atoms with Gasteiger partial charge in [-0.25, -0.2) is 0 Å². The van der Waals surface area contributed by atoms with E-state index < -0.39 is 0 Å². The third-order valence-corrected chi connectivity index (χ3v) is 4.07. The molecule has 1 aromatic rings. The van der Waals surface area contributed by atoms with Gasteiger partial charge in [-0.2, -0.15) is 0 Å². The summed E-state index contributed by atoms with van der Waals surface area (Å²) in [6.45, 7) is 7.89. The minimum absolute atomic E-state index is 0.0881. The molecular formula is C14H18BrNO2. The molecule has 1 fully saturated rings. The highest BCUT2D eigenvalue weighted by Crippen LogP contribution is 2.23. The van der Waals surface area contributed by atoms with Crippen molar-refractivity contribution in [3.8, 4) is 0 Å². The van der Waals surface area contributed by atoms with Gasteiger partial charge in [-0.1, -0.05) is 22.0 Å². The van der Waals surface area contributed by atoms with Gasteiger partial charge in [0, 0.05) is 23.1 Å². The highest BCUT2D eigenvalue weighted by Gasteiger charge is 2.30. The maximum absolute atomic E-state index is 12.5. The van der Waals surface area contributed by atoms with E-state index >= 15 is 0 Å². The smallest absolute Gasteiger partial charge is 0.254 e. The fourth-order valence-corrected chi connectivity index (χ4v) is 2.57. The first-order valence-corrected chi connectivity index (χ1v) is 6.88. The van der Waals surface area contributed by atoms with Crippen LogP contribution in [0.2, 0.25) is 0 Å². The normalized spacial score (nSPS) is 18.8. The molecule has 98 valence electrons. The lowest BCUT2D eigenvalue weighted by Gasteiger charge is -2.38. The zero-order valence-electron chi connectivity index (χ0n) is 11.0. The summed E-state index contributed by atoms with van der Waals surface area (Å²) in [5.41, 5.74) is 1.50. The van der Waals surface area contributed by atoms with Gasteiger partial charge in [0.15, 0.2) is 0 Å². The van der Waals surface area contributed by atoms with E-state index in [2.05, 4.69) is 15.9 Å². The number of carbonyl (C=O) groups is 1. The third-order valence-electron chi connectivity index (χ3n) is 3.21. The van der Waals surface area contributed by atoms with Crippen molar-refractivity contribution in [3.63, 3.8) is 0 Å². The van der Waals surface area contributed by atoms with Crippen LogP contribution in [0.4, 0.5) is 0 Å². The average Bonchev–Trinajstić information content (AvgIpc) is 2.30. The number of carbonyl (C=O) groups excluding carboxylic acids is 1. The molecule has 1 amide bonds. The summed E-state index contributed by atoms with van der Waals surface area (Å²) in [5.74, 6) is 0.0881. The zero-order valence-corrected chi connectivity index (χ0v) is 12.6. The van der Waals surface area contributed by atoms with Crippen molar-refractivity contribution in [2.24, 2.45) is 0 Å². The van der Waals surface area contributed by atoms with Gasteiger partial charge in [0.1, 0.15) is 0 Å². The highest BCUT2D eigenvalue weighted by molar-refractivity contribution is 9.10. The number of amides is 1. The first kappa shape index (κ1) is 13.6. The van der Waals surface area contributed by atoms with Crippen molar-refractivity contribution in [3.05, 3.63) is 33.8 Å². The van der Waals surface area contributed by atoms with Gasteiger partial charge in [0.25, 0.3) is 5.91 Å². The number of hydrogen-bond donors (Lipinski definition) is 0. The van der Waals surface area contributed by atoms with Crippen molar-refractivity contribution in [1.82, 2.24) is 4.90 Å². The summed E-state index contributed by atoms with van der Waals surface area (Å²) in [4.78, 5) is 14.4. The molecule has 0 N–H and O–H groups in total. The molecule has 0 radical (unpaired) electrons. The Bertz CT molecular complexity index is 471. The van der Waals surface area contributed by atoms with Crippen molar-refractivity contribution < 1.29 is 9.53 Å². The fourth-order valence-electron chi connectivity index (χ4n) is 2.20. The molecule has 1 aliphatic heterocycles. The van der Waals surface area contributed by atoms with E-state index in [0.29, 0.717) is 19.7 Å². The number of nitrogens with zero attached hydrogens (tertiary/aromatic N) is 1. The quantitative estimate of drug-likeness (QED) is 0.798. The average molecular weight is 312 g/mol. The number of morpholine rings is 1. The van der Waals surface area contributed by atoms with Crippen molar-refractivity contribution in [1.29, 1.82) is 0 Å². The summed E-state index contributed by atoms with van der Waals surface area (Å²) in [6, 6.07) is 5.73. The van der Waals surface area contributed by atoms with E-state index in [9.17, 15) is 4.79 Å². The second kappa shape index (κ2) is 5.02. The Kier molecular flexibility index (Phi) is 3.78. The number of benzene rings is 1. The van der Waals surface area contributed by atoms with Crippen LogP contribution in [0, 0.1) is 6.92 Å². The second-order valence-corrected chi connectivity index (χ2v) is 6.10. The molecule has 1 aliphatic rings. The van der Waals surface area contributed by atoms with Crippen LogP contribution in [-0.4, -0.2) is 36.1 Å². The highest BCUT2D eigenvalue weighted by atomic mass is 79.9. The van der Waals surface area contributed by atoms with Crippen LogP contribution in [0.15, 0.2) is 22.7 Å².